The Balaban J connectivity index is 1.52. The average Bonchev–Trinajstić information content (AvgIpc) is 3.26. The summed E-state index contributed by atoms with van der Waals surface area (Å²) in [5, 5.41) is 9.64. The van der Waals surface area contributed by atoms with Crippen molar-refractivity contribution in [3.05, 3.63) is 41.6 Å². The third-order valence-electron chi connectivity index (χ3n) is 4.44. The number of carbonyl (C=O) groups excluding carboxylic acids is 1. The van der Waals surface area contributed by atoms with Gasteiger partial charge in [0.05, 0.1) is 6.04 Å². The minimum absolute atomic E-state index is 0.165. The van der Waals surface area contributed by atoms with E-state index in [1.807, 2.05) is 12.1 Å². The second kappa shape index (κ2) is 7.46. The zero-order valence-electron chi connectivity index (χ0n) is 13.5. The molecule has 2 aromatic rings. The van der Waals surface area contributed by atoms with Crippen LogP contribution in [-0.2, 0) is 6.42 Å². The van der Waals surface area contributed by atoms with Gasteiger partial charge in [-0.15, -0.1) is 0 Å². The molecule has 1 aliphatic rings. The van der Waals surface area contributed by atoms with Crippen LogP contribution < -0.4 is 5.32 Å². The van der Waals surface area contributed by atoms with Gasteiger partial charge in [-0.2, -0.15) is 5.10 Å². The molecule has 6 nitrogen and oxygen atoms in total. The van der Waals surface area contributed by atoms with Crippen molar-refractivity contribution in [2.24, 2.45) is 0 Å². The Hall–Kier alpha value is -2.08. The maximum absolute atomic E-state index is 12.1. The predicted molar refractivity (Wildman–Crippen MR) is 87.2 cm³/mol. The Morgan fingerprint density at radius 2 is 2.17 bits per heavy atom. The van der Waals surface area contributed by atoms with Crippen molar-refractivity contribution in [2.75, 3.05) is 19.6 Å². The molecule has 0 radical (unpaired) electrons. The lowest BCUT2D eigenvalue weighted by Crippen LogP contribution is -2.32. The van der Waals surface area contributed by atoms with E-state index in [1.165, 1.54) is 19.3 Å². The second-order valence-electron chi connectivity index (χ2n) is 6.06. The zero-order valence-corrected chi connectivity index (χ0v) is 13.5. The Morgan fingerprint density at radius 1 is 1.35 bits per heavy atom. The molecule has 0 unspecified atom stereocenters. The first-order valence-electron chi connectivity index (χ1n) is 8.34. The summed E-state index contributed by atoms with van der Waals surface area (Å²) in [7, 11) is 0. The molecule has 23 heavy (non-hydrogen) atoms. The van der Waals surface area contributed by atoms with Gasteiger partial charge in [0.15, 0.2) is 5.76 Å². The Labute approximate surface area is 136 Å². The number of carbonyl (C=O) groups is 1. The maximum Gasteiger partial charge on any atom is 0.287 e. The summed E-state index contributed by atoms with van der Waals surface area (Å²) in [6.07, 6.45) is 6.23. The zero-order chi connectivity index (χ0) is 16.1. The van der Waals surface area contributed by atoms with Gasteiger partial charge in [-0.05, 0) is 51.1 Å². The molecule has 2 aromatic heterocycles. The number of furan rings is 1. The number of likely N-dealkylation sites (tertiary alicyclic amines) is 1. The summed E-state index contributed by atoms with van der Waals surface area (Å²) in [5.74, 6) is 1.08. The van der Waals surface area contributed by atoms with Gasteiger partial charge in [-0.25, -0.2) is 0 Å². The number of aromatic nitrogens is 2. The number of hydrogen-bond donors (Lipinski definition) is 2. The molecular weight excluding hydrogens is 292 g/mol. The fourth-order valence-corrected chi connectivity index (χ4v) is 3.01. The first kappa shape index (κ1) is 15.8. The van der Waals surface area contributed by atoms with E-state index < -0.39 is 0 Å². The van der Waals surface area contributed by atoms with Crippen LogP contribution in [0.25, 0.3) is 0 Å². The minimum atomic E-state index is -0.165. The van der Waals surface area contributed by atoms with E-state index in [9.17, 15) is 4.79 Å². The highest BCUT2D eigenvalue weighted by molar-refractivity contribution is 5.91. The van der Waals surface area contributed by atoms with Crippen LogP contribution in [0.2, 0.25) is 0 Å². The van der Waals surface area contributed by atoms with Gasteiger partial charge in [0, 0.05) is 24.9 Å². The van der Waals surface area contributed by atoms with E-state index >= 15 is 0 Å². The number of H-pyrrole nitrogens is 1. The molecule has 1 amide bonds. The van der Waals surface area contributed by atoms with Crippen molar-refractivity contribution >= 4 is 5.91 Å². The molecular formula is C17H24N4O2. The molecule has 3 heterocycles. The topological polar surface area (TPSA) is 74.2 Å². The molecule has 1 atom stereocenters. The average molecular weight is 316 g/mol. The molecule has 0 bridgehead atoms. The molecule has 0 spiro atoms. The molecule has 0 aliphatic carbocycles. The fraction of sp³-hybridized carbons (Fsp3) is 0.529. The van der Waals surface area contributed by atoms with Crippen molar-refractivity contribution in [1.29, 1.82) is 0 Å². The highest BCUT2D eigenvalue weighted by atomic mass is 16.4. The lowest BCUT2D eigenvalue weighted by molar-refractivity contribution is 0.0917. The van der Waals surface area contributed by atoms with Crippen LogP contribution in [0.1, 0.15) is 54.2 Å². The number of rotatable bonds is 6. The SMILES string of the molecule is C[C@H](c1ccc(C(=O)NCCc2ccn[nH]2)o1)N1CCCCC1. The first-order chi connectivity index (χ1) is 11.2. The summed E-state index contributed by atoms with van der Waals surface area (Å²) < 4.78 is 5.77. The van der Waals surface area contributed by atoms with E-state index in [0.717, 1.165) is 31.0 Å². The van der Waals surface area contributed by atoms with Gasteiger partial charge in [0.25, 0.3) is 5.91 Å². The predicted octanol–water partition coefficient (Wildman–Crippen LogP) is 2.52. The smallest absolute Gasteiger partial charge is 0.287 e. The minimum Gasteiger partial charge on any atom is -0.454 e. The molecule has 1 fully saturated rings. The van der Waals surface area contributed by atoms with Crippen LogP contribution >= 0.6 is 0 Å². The number of amides is 1. The Kier molecular flexibility index (Phi) is 5.12. The normalized spacial score (nSPS) is 17.1. The van der Waals surface area contributed by atoms with Crippen molar-refractivity contribution in [3.8, 4) is 0 Å². The van der Waals surface area contributed by atoms with Gasteiger partial charge in [0.2, 0.25) is 0 Å². The largest absolute Gasteiger partial charge is 0.454 e. The molecule has 124 valence electrons. The van der Waals surface area contributed by atoms with Crippen LogP contribution in [-0.4, -0.2) is 40.6 Å². The monoisotopic (exact) mass is 316 g/mol. The van der Waals surface area contributed by atoms with Gasteiger partial charge in [-0.1, -0.05) is 6.42 Å². The standard InChI is InChI=1S/C17H24N4O2/c1-13(21-11-3-2-4-12-21)15-5-6-16(23-15)17(22)18-9-7-14-8-10-19-20-14/h5-6,8,10,13H,2-4,7,9,11-12H2,1H3,(H,18,22)(H,19,20)/t13-/m1/s1. The van der Waals surface area contributed by atoms with Crippen molar-refractivity contribution in [3.63, 3.8) is 0 Å². The highest BCUT2D eigenvalue weighted by Gasteiger charge is 2.22. The molecule has 6 heteroatoms. The summed E-state index contributed by atoms with van der Waals surface area (Å²) in [5.41, 5.74) is 1.00. The molecule has 2 N–H and O–H groups in total. The Bertz CT molecular complexity index is 614. The second-order valence-corrected chi connectivity index (χ2v) is 6.06. The van der Waals surface area contributed by atoms with Crippen molar-refractivity contribution in [1.82, 2.24) is 20.4 Å². The van der Waals surface area contributed by atoms with Crippen LogP contribution in [0.3, 0.4) is 0 Å². The van der Waals surface area contributed by atoms with E-state index in [4.69, 9.17) is 4.42 Å². The number of aromatic amines is 1. The van der Waals surface area contributed by atoms with E-state index in [2.05, 4.69) is 27.3 Å². The summed E-state index contributed by atoms with van der Waals surface area (Å²) in [6.45, 7) is 4.91. The highest BCUT2D eigenvalue weighted by Crippen LogP contribution is 2.25. The van der Waals surface area contributed by atoms with Gasteiger partial charge < -0.3 is 9.73 Å². The first-order valence-corrected chi connectivity index (χ1v) is 8.34. The van der Waals surface area contributed by atoms with Crippen LogP contribution in [0.4, 0.5) is 0 Å². The summed E-state index contributed by atoms with van der Waals surface area (Å²) >= 11 is 0. The molecule has 3 rings (SSSR count). The molecule has 0 aromatic carbocycles. The van der Waals surface area contributed by atoms with E-state index in [-0.39, 0.29) is 11.9 Å². The number of nitrogens with zero attached hydrogens (tertiary/aromatic N) is 2. The Morgan fingerprint density at radius 3 is 2.91 bits per heavy atom. The third kappa shape index (κ3) is 4.01. The van der Waals surface area contributed by atoms with E-state index in [1.54, 1.807) is 12.3 Å². The molecule has 1 aliphatic heterocycles. The van der Waals surface area contributed by atoms with Crippen LogP contribution in [0.15, 0.2) is 28.8 Å². The summed E-state index contributed by atoms with van der Waals surface area (Å²) in [4.78, 5) is 14.6. The van der Waals surface area contributed by atoms with E-state index in [0.29, 0.717) is 12.3 Å². The number of nitrogens with one attached hydrogen (secondary N) is 2. The summed E-state index contributed by atoms with van der Waals surface area (Å²) in [6, 6.07) is 5.81. The number of hydrogen-bond acceptors (Lipinski definition) is 4. The molecule has 1 saturated heterocycles. The number of piperidine rings is 1. The lowest BCUT2D eigenvalue weighted by atomic mass is 10.1. The van der Waals surface area contributed by atoms with Gasteiger partial charge >= 0.3 is 0 Å². The third-order valence-corrected chi connectivity index (χ3v) is 4.44. The molecule has 0 saturated carbocycles. The quantitative estimate of drug-likeness (QED) is 0.859. The fourth-order valence-electron chi connectivity index (χ4n) is 3.01. The van der Waals surface area contributed by atoms with Gasteiger partial charge in [-0.3, -0.25) is 14.8 Å². The lowest BCUT2D eigenvalue weighted by Gasteiger charge is -2.31. The van der Waals surface area contributed by atoms with Gasteiger partial charge in [0.1, 0.15) is 5.76 Å². The van der Waals surface area contributed by atoms with Crippen molar-refractivity contribution in [2.45, 2.75) is 38.6 Å². The van der Waals surface area contributed by atoms with Crippen LogP contribution in [0, 0.1) is 0 Å². The maximum atomic E-state index is 12.1. The van der Waals surface area contributed by atoms with Crippen LogP contribution in [0.5, 0.6) is 0 Å². The van der Waals surface area contributed by atoms with Crippen molar-refractivity contribution < 1.29 is 9.21 Å².